The number of nitrogens with zero attached hydrogens (tertiary/aromatic N) is 1. The average Bonchev–Trinajstić information content (AvgIpc) is 3.26. The summed E-state index contributed by atoms with van der Waals surface area (Å²) in [5, 5.41) is 2.90. The molecule has 0 spiro atoms. The zero-order valence-electron chi connectivity index (χ0n) is 17.9. The fourth-order valence-electron chi connectivity index (χ4n) is 4.32. The molecule has 2 aromatic rings. The largest absolute Gasteiger partial charge is 0.493 e. The van der Waals surface area contributed by atoms with Crippen molar-refractivity contribution < 1.29 is 28.6 Å². The monoisotopic (exact) mass is 424 g/mol. The number of hydrogen-bond acceptors (Lipinski definition) is 6. The van der Waals surface area contributed by atoms with Crippen LogP contribution in [0.25, 0.3) is 0 Å². The standard InChI is InChI=1S/C23H24N2O6/c1-12-9-13(2)11-14(10-12)24-21(27)16-6-8-18(26)25(16)22-15-5-7-17(29-3)20(30-4)19(15)23(28)31-22/h5,7,9-11,16,22H,6,8H2,1-4H3,(H,24,27)/t16-,22?/m0/s1. The van der Waals surface area contributed by atoms with Gasteiger partial charge in [0.25, 0.3) is 0 Å². The van der Waals surface area contributed by atoms with E-state index in [1.54, 1.807) is 12.1 Å². The smallest absolute Gasteiger partial charge is 0.344 e. The normalized spacial score (nSPS) is 19.8. The Labute approximate surface area is 180 Å². The van der Waals surface area contributed by atoms with Crippen molar-refractivity contribution in [3.63, 3.8) is 0 Å². The lowest BCUT2D eigenvalue weighted by atomic mass is 10.0. The van der Waals surface area contributed by atoms with E-state index in [9.17, 15) is 14.4 Å². The highest BCUT2D eigenvalue weighted by atomic mass is 16.6. The molecular weight excluding hydrogens is 400 g/mol. The van der Waals surface area contributed by atoms with Crippen LogP contribution in [0.4, 0.5) is 5.69 Å². The minimum absolute atomic E-state index is 0.196. The molecule has 2 aliphatic heterocycles. The van der Waals surface area contributed by atoms with Gasteiger partial charge in [-0.15, -0.1) is 0 Å². The molecule has 2 aromatic carbocycles. The summed E-state index contributed by atoms with van der Waals surface area (Å²) in [5.74, 6) is -0.558. The Kier molecular flexibility index (Phi) is 5.31. The topological polar surface area (TPSA) is 94.2 Å². The number of carbonyl (C=O) groups excluding carboxylic acids is 3. The van der Waals surface area contributed by atoms with Crippen molar-refractivity contribution in [2.24, 2.45) is 0 Å². The van der Waals surface area contributed by atoms with Crippen LogP contribution in [0.1, 0.15) is 46.1 Å². The average molecular weight is 424 g/mol. The van der Waals surface area contributed by atoms with E-state index in [-0.39, 0.29) is 29.5 Å². The van der Waals surface area contributed by atoms with Gasteiger partial charge < -0.3 is 19.5 Å². The number of aryl methyl sites for hydroxylation is 2. The van der Waals surface area contributed by atoms with Crippen molar-refractivity contribution in [3.8, 4) is 11.5 Å². The van der Waals surface area contributed by atoms with Crippen LogP contribution in [-0.2, 0) is 14.3 Å². The van der Waals surface area contributed by atoms with Gasteiger partial charge in [-0.05, 0) is 55.7 Å². The highest BCUT2D eigenvalue weighted by Crippen LogP contribution is 2.45. The van der Waals surface area contributed by atoms with Gasteiger partial charge in [-0.3, -0.25) is 14.5 Å². The molecule has 4 rings (SSSR count). The van der Waals surface area contributed by atoms with E-state index in [4.69, 9.17) is 14.2 Å². The van der Waals surface area contributed by atoms with Gasteiger partial charge >= 0.3 is 5.97 Å². The van der Waals surface area contributed by atoms with Crippen molar-refractivity contribution in [1.82, 2.24) is 4.90 Å². The predicted molar refractivity (Wildman–Crippen MR) is 112 cm³/mol. The highest BCUT2D eigenvalue weighted by Gasteiger charge is 2.47. The third kappa shape index (κ3) is 3.58. The molecule has 1 N–H and O–H groups in total. The van der Waals surface area contributed by atoms with Crippen molar-refractivity contribution in [2.75, 3.05) is 19.5 Å². The lowest BCUT2D eigenvalue weighted by Gasteiger charge is -2.29. The fraction of sp³-hybridized carbons (Fsp3) is 0.348. The minimum Gasteiger partial charge on any atom is -0.493 e. The van der Waals surface area contributed by atoms with Crippen LogP contribution >= 0.6 is 0 Å². The number of amides is 2. The summed E-state index contributed by atoms with van der Waals surface area (Å²) in [5.41, 5.74) is 3.39. The van der Waals surface area contributed by atoms with Gasteiger partial charge in [-0.2, -0.15) is 0 Å². The Morgan fingerprint density at radius 3 is 2.45 bits per heavy atom. The summed E-state index contributed by atoms with van der Waals surface area (Å²) >= 11 is 0. The van der Waals surface area contributed by atoms with Crippen molar-refractivity contribution in [1.29, 1.82) is 0 Å². The van der Waals surface area contributed by atoms with E-state index >= 15 is 0 Å². The van der Waals surface area contributed by atoms with Crippen molar-refractivity contribution >= 4 is 23.5 Å². The molecule has 0 bridgehead atoms. The van der Waals surface area contributed by atoms with Gasteiger partial charge in [0.15, 0.2) is 11.5 Å². The molecular formula is C23H24N2O6. The molecule has 0 aliphatic carbocycles. The van der Waals surface area contributed by atoms with Crippen LogP contribution in [0.2, 0.25) is 0 Å². The van der Waals surface area contributed by atoms with Gasteiger partial charge in [-0.1, -0.05) is 6.07 Å². The van der Waals surface area contributed by atoms with Crippen LogP contribution in [0.15, 0.2) is 30.3 Å². The number of rotatable bonds is 5. The van der Waals surface area contributed by atoms with Crippen LogP contribution in [0, 0.1) is 13.8 Å². The number of likely N-dealkylation sites (tertiary alicyclic amines) is 1. The first-order valence-electron chi connectivity index (χ1n) is 10.00. The molecule has 8 nitrogen and oxygen atoms in total. The number of hydrogen-bond donors (Lipinski definition) is 1. The maximum absolute atomic E-state index is 13.1. The number of benzene rings is 2. The number of cyclic esters (lactones) is 1. The molecule has 162 valence electrons. The summed E-state index contributed by atoms with van der Waals surface area (Å²) in [7, 11) is 2.90. The number of nitrogens with one attached hydrogen (secondary N) is 1. The first-order chi connectivity index (χ1) is 14.8. The summed E-state index contributed by atoms with van der Waals surface area (Å²) in [4.78, 5) is 39.8. The summed E-state index contributed by atoms with van der Waals surface area (Å²) in [6, 6.07) is 8.30. The molecule has 1 fully saturated rings. The molecule has 8 heteroatoms. The summed E-state index contributed by atoms with van der Waals surface area (Å²) in [6.45, 7) is 3.90. The lowest BCUT2D eigenvalue weighted by molar-refractivity contribution is -0.144. The first kappa shape index (κ1) is 20.7. The summed E-state index contributed by atoms with van der Waals surface area (Å²) in [6.07, 6.45) is -0.458. The maximum atomic E-state index is 13.1. The Balaban J connectivity index is 1.65. The molecule has 0 saturated carbocycles. The minimum atomic E-state index is -0.993. The zero-order valence-corrected chi connectivity index (χ0v) is 17.9. The van der Waals surface area contributed by atoms with Crippen molar-refractivity contribution in [3.05, 3.63) is 52.6 Å². The number of ether oxygens (including phenoxy) is 3. The van der Waals surface area contributed by atoms with Gasteiger partial charge in [0.2, 0.25) is 18.0 Å². The van der Waals surface area contributed by atoms with E-state index in [1.165, 1.54) is 19.1 Å². The highest BCUT2D eigenvalue weighted by molar-refractivity contribution is 6.01. The van der Waals surface area contributed by atoms with Crippen LogP contribution in [0.5, 0.6) is 11.5 Å². The number of carbonyl (C=O) groups is 3. The van der Waals surface area contributed by atoms with Crippen LogP contribution in [-0.4, -0.2) is 42.9 Å². The summed E-state index contributed by atoms with van der Waals surface area (Å²) < 4.78 is 16.2. The first-order valence-corrected chi connectivity index (χ1v) is 10.00. The zero-order chi connectivity index (χ0) is 22.3. The maximum Gasteiger partial charge on any atom is 0.344 e. The molecule has 31 heavy (non-hydrogen) atoms. The number of anilines is 1. The predicted octanol–water partition coefficient (Wildman–Crippen LogP) is 3.12. The van der Waals surface area contributed by atoms with E-state index in [1.807, 2.05) is 32.0 Å². The van der Waals surface area contributed by atoms with Gasteiger partial charge in [-0.25, -0.2) is 4.79 Å². The second-order valence-electron chi connectivity index (χ2n) is 7.74. The second-order valence-corrected chi connectivity index (χ2v) is 7.74. The third-order valence-corrected chi connectivity index (χ3v) is 5.57. The Morgan fingerprint density at radius 1 is 1.10 bits per heavy atom. The van der Waals surface area contributed by atoms with E-state index in [0.717, 1.165) is 11.1 Å². The van der Waals surface area contributed by atoms with Crippen LogP contribution in [0.3, 0.4) is 0 Å². The lowest BCUT2D eigenvalue weighted by Crippen LogP contribution is -2.43. The van der Waals surface area contributed by atoms with E-state index < -0.39 is 18.2 Å². The van der Waals surface area contributed by atoms with Gasteiger partial charge in [0, 0.05) is 17.7 Å². The fourth-order valence-corrected chi connectivity index (χ4v) is 4.32. The second kappa shape index (κ2) is 7.94. The quantitative estimate of drug-likeness (QED) is 0.742. The SMILES string of the molecule is COc1ccc2c(c1OC)C(=O)OC2N1C(=O)CC[C@H]1C(=O)Nc1cc(C)cc(C)c1. The molecule has 1 unspecified atom stereocenters. The molecule has 2 heterocycles. The molecule has 2 atom stereocenters. The molecule has 2 aliphatic rings. The van der Waals surface area contributed by atoms with E-state index in [0.29, 0.717) is 23.4 Å². The van der Waals surface area contributed by atoms with Crippen molar-refractivity contribution in [2.45, 2.75) is 39.0 Å². The molecule has 2 amide bonds. The third-order valence-electron chi connectivity index (χ3n) is 5.57. The molecule has 0 radical (unpaired) electrons. The number of esters is 1. The molecule has 1 saturated heterocycles. The Bertz CT molecular complexity index is 1060. The van der Waals surface area contributed by atoms with Crippen LogP contribution < -0.4 is 14.8 Å². The number of methoxy groups -OCH3 is 2. The van der Waals surface area contributed by atoms with Gasteiger partial charge in [0.1, 0.15) is 11.6 Å². The molecule has 0 aromatic heterocycles. The Morgan fingerprint density at radius 2 is 1.81 bits per heavy atom. The van der Waals surface area contributed by atoms with Gasteiger partial charge in [0.05, 0.1) is 14.2 Å². The van der Waals surface area contributed by atoms with E-state index in [2.05, 4.69) is 5.32 Å². The number of fused-ring (bicyclic) bond motifs is 1. The Hall–Kier alpha value is -3.55.